The molecule has 1 aromatic carbocycles. The molecule has 120 valence electrons. The van der Waals surface area contributed by atoms with E-state index >= 15 is 0 Å². The zero-order valence-electron chi connectivity index (χ0n) is 12.3. The highest BCUT2D eigenvalue weighted by molar-refractivity contribution is 7.89. The van der Waals surface area contributed by atoms with Crippen molar-refractivity contribution in [2.75, 3.05) is 39.4 Å². The lowest BCUT2D eigenvalue weighted by atomic mass is 10.2. The molecule has 0 N–H and O–H groups in total. The lowest BCUT2D eigenvalue weighted by Crippen LogP contribution is -2.48. The highest BCUT2D eigenvalue weighted by Gasteiger charge is 2.30. The fourth-order valence-corrected chi connectivity index (χ4v) is 4.28. The Morgan fingerprint density at radius 3 is 2.23 bits per heavy atom. The molecule has 0 atom stereocenters. The largest absolute Gasteiger partial charge is 0.486 e. The summed E-state index contributed by atoms with van der Waals surface area (Å²) in [5.41, 5.74) is 0.627. The number of ether oxygens (including phenoxy) is 2. The van der Waals surface area contributed by atoms with Gasteiger partial charge in [0.05, 0.1) is 4.90 Å². The van der Waals surface area contributed by atoms with Gasteiger partial charge in [-0.05, 0) is 18.6 Å². The molecular weight excluding hydrogens is 308 g/mol. The van der Waals surface area contributed by atoms with Gasteiger partial charge in [0.2, 0.25) is 16.4 Å². The van der Waals surface area contributed by atoms with Gasteiger partial charge in [-0.3, -0.25) is 4.79 Å². The Kier molecular flexibility index (Phi) is 3.96. The summed E-state index contributed by atoms with van der Waals surface area (Å²) in [6.07, 6.45) is 0.749. The van der Waals surface area contributed by atoms with Gasteiger partial charge in [0.15, 0.2) is 11.5 Å². The number of benzene rings is 1. The maximum atomic E-state index is 12.8. The second-order valence-corrected chi connectivity index (χ2v) is 7.21. The first-order valence-electron chi connectivity index (χ1n) is 7.12. The molecule has 0 saturated carbocycles. The van der Waals surface area contributed by atoms with Crippen LogP contribution >= 0.6 is 0 Å². The fraction of sp³-hybridized carbons (Fsp3) is 0.500. The van der Waals surface area contributed by atoms with Crippen LogP contribution in [0.1, 0.15) is 5.56 Å². The number of piperazine rings is 1. The summed E-state index contributed by atoms with van der Waals surface area (Å²) in [5.74, 6) is 1.04. The van der Waals surface area contributed by atoms with E-state index in [0.29, 0.717) is 56.5 Å². The van der Waals surface area contributed by atoms with Crippen LogP contribution in [-0.2, 0) is 14.8 Å². The van der Waals surface area contributed by atoms with Crippen molar-refractivity contribution in [3.05, 3.63) is 17.7 Å². The average molecular weight is 326 g/mol. The van der Waals surface area contributed by atoms with Gasteiger partial charge in [-0.15, -0.1) is 0 Å². The minimum absolute atomic E-state index is 0.233. The van der Waals surface area contributed by atoms with Crippen molar-refractivity contribution in [3.8, 4) is 11.5 Å². The van der Waals surface area contributed by atoms with Gasteiger partial charge in [-0.1, -0.05) is 0 Å². The molecule has 1 fully saturated rings. The van der Waals surface area contributed by atoms with Crippen LogP contribution in [0.3, 0.4) is 0 Å². The molecule has 0 aliphatic carbocycles. The lowest BCUT2D eigenvalue weighted by Gasteiger charge is -2.32. The summed E-state index contributed by atoms with van der Waals surface area (Å²) in [7, 11) is -3.60. The maximum Gasteiger partial charge on any atom is 0.243 e. The van der Waals surface area contributed by atoms with Gasteiger partial charge in [0.1, 0.15) is 13.2 Å². The van der Waals surface area contributed by atoms with Crippen molar-refractivity contribution in [2.45, 2.75) is 11.8 Å². The summed E-state index contributed by atoms with van der Waals surface area (Å²) in [5, 5.41) is 0. The molecule has 2 heterocycles. The molecule has 1 amide bonds. The molecule has 8 heteroatoms. The van der Waals surface area contributed by atoms with Gasteiger partial charge in [0, 0.05) is 32.2 Å². The molecule has 0 aromatic heterocycles. The SMILES string of the molecule is Cc1cc2c(cc1S(=O)(=O)N1CCN(C=O)CC1)OCCO2. The van der Waals surface area contributed by atoms with E-state index in [1.165, 1.54) is 10.4 Å². The van der Waals surface area contributed by atoms with Crippen LogP contribution in [0.5, 0.6) is 11.5 Å². The van der Waals surface area contributed by atoms with Gasteiger partial charge in [-0.25, -0.2) is 8.42 Å². The van der Waals surface area contributed by atoms with Crippen molar-refractivity contribution in [1.82, 2.24) is 9.21 Å². The Balaban J connectivity index is 1.91. The van der Waals surface area contributed by atoms with Crippen LogP contribution in [0.4, 0.5) is 0 Å². The summed E-state index contributed by atoms with van der Waals surface area (Å²) in [6.45, 7) is 4.04. The van der Waals surface area contributed by atoms with Crippen molar-refractivity contribution < 1.29 is 22.7 Å². The van der Waals surface area contributed by atoms with Crippen molar-refractivity contribution in [3.63, 3.8) is 0 Å². The predicted molar refractivity (Wildman–Crippen MR) is 78.6 cm³/mol. The fourth-order valence-electron chi connectivity index (χ4n) is 2.64. The maximum absolute atomic E-state index is 12.8. The number of hydrogen-bond acceptors (Lipinski definition) is 5. The third-order valence-electron chi connectivity index (χ3n) is 3.88. The van der Waals surface area contributed by atoms with Crippen LogP contribution in [0.15, 0.2) is 17.0 Å². The lowest BCUT2D eigenvalue weighted by molar-refractivity contribution is -0.119. The first kappa shape index (κ1) is 15.1. The second-order valence-electron chi connectivity index (χ2n) is 5.31. The Morgan fingerprint density at radius 2 is 1.64 bits per heavy atom. The van der Waals surface area contributed by atoms with E-state index in [1.54, 1.807) is 17.9 Å². The summed E-state index contributed by atoms with van der Waals surface area (Å²) in [4.78, 5) is 12.5. The molecular formula is C14H18N2O5S. The molecule has 7 nitrogen and oxygen atoms in total. The zero-order valence-corrected chi connectivity index (χ0v) is 13.1. The quantitative estimate of drug-likeness (QED) is 0.743. The minimum atomic E-state index is -3.60. The molecule has 0 unspecified atom stereocenters. The Bertz CT molecular complexity index is 681. The van der Waals surface area contributed by atoms with Crippen molar-refractivity contribution in [1.29, 1.82) is 0 Å². The number of nitrogens with zero attached hydrogens (tertiary/aromatic N) is 2. The second kappa shape index (κ2) is 5.77. The number of rotatable bonds is 3. The molecule has 0 radical (unpaired) electrons. The number of sulfonamides is 1. The molecule has 3 rings (SSSR count). The van der Waals surface area contributed by atoms with Crippen LogP contribution in [0.25, 0.3) is 0 Å². The Hall–Kier alpha value is -1.80. The van der Waals surface area contributed by atoms with Gasteiger partial charge < -0.3 is 14.4 Å². The Labute approximate surface area is 129 Å². The van der Waals surface area contributed by atoms with E-state index in [2.05, 4.69) is 0 Å². The molecule has 0 spiro atoms. The molecule has 2 aliphatic rings. The highest BCUT2D eigenvalue weighted by Crippen LogP contribution is 2.35. The third-order valence-corrected chi connectivity index (χ3v) is 5.92. The van der Waals surface area contributed by atoms with Crippen LogP contribution in [-0.4, -0.2) is 63.4 Å². The molecule has 1 aromatic rings. The van der Waals surface area contributed by atoms with Gasteiger partial charge in [0.25, 0.3) is 0 Å². The number of fused-ring (bicyclic) bond motifs is 1. The van der Waals surface area contributed by atoms with Gasteiger partial charge in [-0.2, -0.15) is 4.31 Å². The van der Waals surface area contributed by atoms with E-state index in [1.807, 2.05) is 0 Å². The van der Waals surface area contributed by atoms with Crippen LogP contribution < -0.4 is 9.47 Å². The Morgan fingerprint density at radius 1 is 1.05 bits per heavy atom. The zero-order chi connectivity index (χ0) is 15.7. The van der Waals surface area contributed by atoms with E-state index in [-0.39, 0.29) is 4.90 Å². The van der Waals surface area contributed by atoms with E-state index in [9.17, 15) is 13.2 Å². The summed E-state index contributed by atoms with van der Waals surface area (Å²) in [6, 6.07) is 3.23. The molecule has 0 bridgehead atoms. The van der Waals surface area contributed by atoms with Crippen molar-refractivity contribution >= 4 is 16.4 Å². The van der Waals surface area contributed by atoms with E-state index in [4.69, 9.17) is 9.47 Å². The topological polar surface area (TPSA) is 76.2 Å². The predicted octanol–water partition coefficient (Wildman–Crippen LogP) is 0.229. The first-order chi connectivity index (χ1) is 10.5. The smallest absolute Gasteiger partial charge is 0.243 e. The number of hydrogen-bond donors (Lipinski definition) is 0. The molecule has 22 heavy (non-hydrogen) atoms. The normalized spacial score (nSPS) is 19.0. The van der Waals surface area contributed by atoms with Crippen LogP contribution in [0.2, 0.25) is 0 Å². The molecule has 1 saturated heterocycles. The molecule has 2 aliphatic heterocycles. The number of carbonyl (C=O) groups is 1. The van der Waals surface area contributed by atoms with Crippen molar-refractivity contribution in [2.24, 2.45) is 0 Å². The minimum Gasteiger partial charge on any atom is -0.486 e. The first-order valence-corrected chi connectivity index (χ1v) is 8.56. The monoisotopic (exact) mass is 326 g/mol. The average Bonchev–Trinajstić information content (AvgIpc) is 2.54. The van der Waals surface area contributed by atoms with Gasteiger partial charge >= 0.3 is 0 Å². The standard InChI is InChI=1S/C14H18N2O5S/c1-11-8-12-13(21-7-6-20-12)9-14(11)22(18,19)16-4-2-15(10-17)3-5-16/h8-10H,2-7H2,1H3. The summed E-state index contributed by atoms with van der Waals surface area (Å²) >= 11 is 0. The number of aryl methyl sites for hydroxylation is 1. The number of carbonyl (C=O) groups excluding carboxylic acids is 1. The highest BCUT2D eigenvalue weighted by atomic mass is 32.2. The van der Waals surface area contributed by atoms with E-state index in [0.717, 1.165) is 6.41 Å². The number of amides is 1. The van der Waals surface area contributed by atoms with E-state index < -0.39 is 10.0 Å². The third kappa shape index (κ3) is 2.64. The summed E-state index contributed by atoms with van der Waals surface area (Å²) < 4.78 is 38.0. The van der Waals surface area contributed by atoms with Crippen LogP contribution in [0, 0.1) is 6.92 Å².